The molecule has 19 heavy (non-hydrogen) atoms. The van der Waals surface area contributed by atoms with Gasteiger partial charge in [0, 0.05) is 12.6 Å². The number of nitrogens with zero attached hydrogens (tertiary/aromatic N) is 3. The van der Waals surface area contributed by atoms with Gasteiger partial charge in [0.15, 0.2) is 0 Å². The molecule has 1 saturated carbocycles. The zero-order valence-electron chi connectivity index (χ0n) is 11.8. The van der Waals surface area contributed by atoms with Gasteiger partial charge in [0.25, 0.3) is 0 Å². The van der Waals surface area contributed by atoms with Crippen molar-refractivity contribution in [2.45, 2.75) is 57.6 Å². The van der Waals surface area contributed by atoms with Crippen molar-refractivity contribution in [1.29, 1.82) is 0 Å². The molecular formula is C14H22ClN3O. The lowest BCUT2D eigenvalue weighted by Gasteiger charge is -2.37. The summed E-state index contributed by atoms with van der Waals surface area (Å²) in [6, 6.07) is 0.122. The molecule has 0 aromatic carbocycles. The molecule has 106 valence electrons. The van der Waals surface area contributed by atoms with E-state index in [0.29, 0.717) is 5.15 Å². The fourth-order valence-electron chi connectivity index (χ4n) is 2.84. The number of aliphatic hydroxyl groups is 1. The van der Waals surface area contributed by atoms with Gasteiger partial charge in [-0.15, -0.1) is 0 Å². The second-order valence-electron chi connectivity index (χ2n) is 5.59. The van der Waals surface area contributed by atoms with Crippen LogP contribution in [-0.2, 0) is 0 Å². The summed E-state index contributed by atoms with van der Waals surface area (Å²) in [7, 11) is 1.99. The molecule has 1 heterocycles. The molecule has 2 rings (SSSR count). The molecule has 2 atom stereocenters. The highest BCUT2D eigenvalue weighted by Crippen LogP contribution is 2.33. The summed E-state index contributed by atoms with van der Waals surface area (Å²) in [5.74, 6) is 1.10. The van der Waals surface area contributed by atoms with Gasteiger partial charge in [0.2, 0.25) is 0 Å². The number of likely N-dealkylation sites (N-methyl/N-ethyl adjacent to an activating group) is 1. The summed E-state index contributed by atoms with van der Waals surface area (Å²) in [6.45, 7) is 4.17. The lowest BCUT2D eigenvalue weighted by molar-refractivity contribution is 0.106. The smallest absolute Gasteiger partial charge is 0.138 e. The zero-order valence-corrected chi connectivity index (χ0v) is 12.6. The first-order chi connectivity index (χ1) is 9.02. The fraction of sp³-hybridized carbons (Fsp3) is 0.714. The van der Waals surface area contributed by atoms with E-state index in [2.05, 4.69) is 28.7 Å². The first-order valence-corrected chi connectivity index (χ1v) is 7.31. The molecule has 0 saturated heterocycles. The molecule has 0 spiro atoms. The van der Waals surface area contributed by atoms with Crippen LogP contribution in [0.2, 0.25) is 5.15 Å². The van der Waals surface area contributed by atoms with Gasteiger partial charge in [-0.25, -0.2) is 9.97 Å². The highest BCUT2D eigenvalue weighted by atomic mass is 35.5. The Hall–Kier alpha value is -0.870. The average Bonchev–Trinajstić information content (AvgIpc) is 2.37. The number of halogens is 1. The Kier molecular flexibility index (Phi) is 4.63. The van der Waals surface area contributed by atoms with E-state index in [-0.39, 0.29) is 18.1 Å². The van der Waals surface area contributed by atoms with Crippen LogP contribution in [0.1, 0.15) is 51.0 Å². The van der Waals surface area contributed by atoms with Gasteiger partial charge in [-0.05, 0) is 18.8 Å². The van der Waals surface area contributed by atoms with Crippen LogP contribution in [-0.4, -0.2) is 34.3 Å². The predicted octanol–water partition coefficient (Wildman–Crippen LogP) is 2.99. The Morgan fingerprint density at radius 3 is 2.63 bits per heavy atom. The molecule has 0 bridgehead atoms. The van der Waals surface area contributed by atoms with Crippen LogP contribution in [0.15, 0.2) is 6.33 Å². The standard InChI is InChI=1S/C14H22ClN3O/c1-9(2)12-13(15)16-8-17-14(12)18(3)10-6-4-5-7-11(10)19/h8-11,19H,4-7H2,1-3H3. The lowest BCUT2D eigenvalue weighted by Crippen LogP contribution is -2.44. The maximum Gasteiger partial charge on any atom is 0.138 e. The number of rotatable bonds is 3. The van der Waals surface area contributed by atoms with Crippen LogP contribution in [0.3, 0.4) is 0 Å². The Balaban J connectivity index is 2.32. The Morgan fingerprint density at radius 2 is 2.00 bits per heavy atom. The largest absolute Gasteiger partial charge is 0.391 e. The number of anilines is 1. The van der Waals surface area contributed by atoms with E-state index in [4.69, 9.17) is 11.6 Å². The highest BCUT2D eigenvalue weighted by Gasteiger charge is 2.29. The first kappa shape index (κ1) is 14.5. The lowest BCUT2D eigenvalue weighted by atomic mass is 9.91. The maximum atomic E-state index is 10.2. The first-order valence-electron chi connectivity index (χ1n) is 6.93. The topological polar surface area (TPSA) is 49.2 Å². The molecule has 1 aliphatic rings. The van der Waals surface area contributed by atoms with Crippen molar-refractivity contribution in [3.8, 4) is 0 Å². The maximum absolute atomic E-state index is 10.2. The predicted molar refractivity (Wildman–Crippen MR) is 77.8 cm³/mol. The molecule has 1 aromatic heterocycles. The minimum absolute atomic E-state index is 0.122. The van der Waals surface area contributed by atoms with Crippen molar-refractivity contribution in [2.75, 3.05) is 11.9 Å². The molecule has 0 radical (unpaired) electrons. The third kappa shape index (κ3) is 3.00. The molecule has 5 heteroatoms. The molecule has 1 aliphatic carbocycles. The average molecular weight is 284 g/mol. The summed E-state index contributed by atoms with van der Waals surface area (Å²) in [5, 5.41) is 10.7. The van der Waals surface area contributed by atoms with Crippen LogP contribution in [0, 0.1) is 0 Å². The summed E-state index contributed by atoms with van der Waals surface area (Å²) in [4.78, 5) is 10.5. The van der Waals surface area contributed by atoms with Crippen molar-refractivity contribution in [3.05, 3.63) is 17.0 Å². The van der Waals surface area contributed by atoms with Gasteiger partial charge in [0.1, 0.15) is 17.3 Å². The molecular weight excluding hydrogens is 262 g/mol. The number of aliphatic hydroxyl groups excluding tert-OH is 1. The van der Waals surface area contributed by atoms with Gasteiger partial charge >= 0.3 is 0 Å². The summed E-state index contributed by atoms with van der Waals surface area (Å²) in [5.41, 5.74) is 0.962. The summed E-state index contributed by atoms with van der Waals surface area (Å²) < 4.78 is 0. The van der Waals surface area contributed by atoms with E-state index in [1.807, 2.05) is 7.05 Å². The monoisotopic (exact) mass is 283 g/mol. The van der Waals surface area contributed by atoms with E-state index in [9.17, 15) is 5.11 Å². The highest BCUT2D eigenvalue weighted by molar-refractivity contribution is 6.30. The molecule has 1 aromatic rings. The van der Waals surface area contributed by atoms with E-state index >= 15 is 0 Å². The van der Waals surface area contributed by atoms with Crippen LogP contribution >= 0.6 is 11.6 Å². The van der Waals surface area contributed by atoms with E-state index < -0.39 is 0 Å². The minimum Gasteiger partial charge on any atom is -0.391 e. The van der Waals surface area contributed by atoms with Crippen molar-refractivity contribution >= 4 is 17.4 Å². The second kappa shape index (κ2) is 6.06. The van der Waals surface area contributed by atoms with Crippen LogP contribution in [0.4, 0.5) is 5.82 Å². The number of hydrogen-bond acceptors (Lipinski definition) is 4. The Bertz CT molecular complexity index is 439. The van der Waals surface area contributed by atoms with Crippen molar-refractivity contribution in [2.24, 2.45) is 0 Å². The number of hydrogen-bond donors (Lipinski definition) is 1. The summed E-state index contributed by atoms with van der Waals surface area (Å²) in [6.07, 6.45) is 5.33. The van der Waals surface area contributed by atoms with Gasteiger partial charge in [-0.3, -0.25) is 0 Å². The molecule has 1 N–H and O–H groups in total. The normalized spacial score (nSPS) is 23.7. The fourth-order valence-corrected chi connectivity index (χ4v) is 3.19. The summed E-state index contributed by atoms with van der Waals surface area (Å²) >= 11 is 6.20. The third-order valence-corrected chi connectivity index (χ3v) is 4.22. The van der Waals surface area contributed by atoms with E-state index in [1.165, 1.54) is 6.33 Å². The zero-order chi connectivity index (χ0) is 14.0. The Morgan fingerprint density at radius 1 is 1.32 bits per heavy atom. The Labute approximate surface area is 119 Å². The van der Waals surface area contributed by atoms with Crippen molar-refractivity contribution < 1.29 is 5.11 Å². The van der Waals surface area contributed by atoms with Crippen LogP contribution in [0.5, 0.6) is 0 Å². The van der Waals surface area contributed by atoms with Gasteiger partial charge in [0.05, 0.1) is 12.1 Å². The minimum atomic E-state index is -0.285. The van der Waals surface area contributed by atoms with E-state index in [0.717, 1.165) is 37.1 Å². The molecule has 0 amide bonds. The third-order valence-electron chi connectivity index (χ3n) is 3.92. The van der Waals surface area contributed by atoms with Crippen LogP contribution < -0.4 is 4.90 Å². The van der Waals surface area contributed by atoms with Crippen molar-refractivity contribution in [3.63, 3.8) is 0 Å². The molecule has 0 aliphatic heterocycles. The molecule has 1 fully saturated rings. The van der Waals surface area contributed by atoms with Crippen molar-refractivity contribution in [1.82, 2.24) is 9.97 Å². The van der Waals surface area contributed by atoms with Crippen LogP contribution in [0.25, 0.3) is 0 Å². The SMILES string of the molecule is CC(C)c1c(Cl)ncnc1N(C)C1CCCCC1O. The molecule has 2 unspecified atom stereocenters. The second-order valence-corrected chi connectivity index (χ2v) is 5.94. The molecule has 4 nitrogen and oxygen atoms in total. The quantitative estimate of drug-likeness (QED) is 0.867. The van der Waals surface area contributed by atoms with Gasteiger partial charge in [-0.2, -0.15) is 0 Å². The van der Waals surface area contributed by atoms with Gasteiger partial charge < -0.3 is 10.0 Å². The van der Waals surface area contributed by atoms with E-state index in [1.54, 1.807) is 0 Å². The van der Waals surface area contributed by atoms with Gasteiger partial charge in [-0.1, -0.05) is 38.3 Å². The number of aromatic nitrogens is 2.